The van der Waals surface area contributed by atoms with Crippen LogP contribution in [0.1, 0.15) is 0 Å². The third kappa shape index (κ3) is 1.99. The third-order valence-electron chi connectivity index (χ3n) is 2.84. The van der Waals surface area contributed by atoms with E-state index in [9.17, 15) is 4.79 Å². The normalized spacial score (nSPS) is 10.4. The van der Waals surface area contributed by atoms with Gasteiger partial charge in [-0.05, 0) is 17.7 Å². The maximum absolute atomic E-state index is 11.1. The fourth-order valence-electron chi connectivity index (χ4n) is 1.81. The number of hydrogen-bond acceptors (Lipinski definition) is 6. The Hall–Kier alpha value is -3.14. The molecule has 0 spiro atoms. The number of nitrogens with one attached hydrogen (secondary N) is 1. The Morgan fingerprint density at radius 1 is 1.30 bits per heavy atom. The van der Waals surface area contributed by atoms with Gasteiger partial charge in [0.2, 0.25) is 5.95 Å². The second kappa shape index (κ2) is 4.51. The van der Waals surface area contributed by atoms with Crippen molar-refractivity contribution in [1.29, 1.82) is 5.26 Å². The average Bonchev–Trinajstić information content (AvgIpc) is 2.85. The SMILES string of the molecule is CN(C#N)c1ncc(-c2ccc3[nH]c(=O)oc3c2)cn1. The molecule has 0 saturated carbocycles. The molecule has 1 N–H and O–H groups in total. The molecule has 0 amide bonds. The van der Waals surface area contributed by atoms with Gasteiger partial charge in [-0.1, -0.05) is 6.07 Å². The number of hydrogen-bond donors (Lipinski definition) is 1. The molecule has 0 radical (unpaired) electrons. The van der Waals surface area contributed by atoms with Crippen LogP contribution >= 0.6 is 0 Å². The van der Waals surface area contributed by atoms with Gasteiger partial charge in [0, 0.05) is 25.0 Å². The Balaban J connectivity index is 2.02. The van der Waals surface area contributed by atoms with E-state index in [2.05, 4.69) is 15.0 Å². The Kier molecular flexibility index (Phi) is 2.69. The number of aromatic nitrogens is 3. The van der Waals surface area contributed by atoms with Crippen LogP contribution in [0.5, 0.6) is 0 Å². The van der Waals surface area contributed by atoms with Crippen molar-refractivity contribution in [3.63, 3.8) is 0 Å². The van der Waals surface area contributed by atoms with Crippen LogP contribution in [-0.4, -0.2) is 22.0 Å². The first kappa shape index (κ1) is 11.9. The van der Waals surface area contributed by atoms with Crippen LogP contribution < -0.4 is 10.7 Å². The average molecular weight is 267 g/mol. The predicted molar refractivity (Wildman–Crippen MR) is 71.9 cm³/mol. The molecule has 7 heteroatoms. The van der Waals surface area contributed by atoms with E-state index in [4.69, 9.17) is 9.68 Å². The largest absolute Gasteiger partial charge is 0.417 e. The minimum atomic E-state index is -0.487. The predicted octanol–water partition coefficient (Wildman–Crippen LogP) is 1.50. The molecule has 7 nitrogen and oxygen atoms in total. The second-order valence-corrected chi connectivity index (χ2v) is 4.16. The summed E-state index contributed by atoms with van der Waals surface area (Å²) >= 11 is 0. The molecule has 2 aromatic heterocycles. The molecule has 0 aliphatic carbocycles. The van der Waals surface area contributed by atoms with Crippen LogP contribution in [0.2, 0.25) is 0 Å². The van der Waals surface area contributed by atoms with Crippen LogP contribution in [0.3, 0.4) is 0 Å². The molecular weight excluding hydrogens is 258 g/mol. The number of rotatable bonds is 2. The van der Waals surface area contributed by atoms with Crippen molar-refractivity contribution in [3.05, 3.63) is 41.1 Å². The number of H-pyrrole nitrogens is 1. The Labute approximate surface area is 113 Å². The van der Waals surface area contributed by atoms with Gasteiger partial charge < -0.3 is 4.42 Å². The number of nitrogens with zero attached hydrogens (tertiary/aromatic N) is 4. The van der Waals surface area contributed by atoms with Gasteiger partial charge in [0.05, 0.1) is 5.52 Å². The molecule has 0 aliphatic heterocycles. The lowest BCUT2D eigenvalue weighted by Crippen LogP contribution is -2.11. The van der Waals surface area contributed by atoms with Crippen molar-refractivity contribution >= 4 is 17.0 Å². The highest BCUT2D eigenvalue weighted by atomic mass is 16.4. The third-order valence-corrected chi connectivity index (χ3v) is 2.84. The van der Waals surface area contributed by atoms with Crippen LogP contribution in [0.4, 0.5) is 5.95 Å². The summed E-state index contributed by atoms with van der Waals surface area (Å²) in [5.41, 5.74) is 2.71. The Morgan fingerprint density at radius 2 is 2.05 bits per heavy atom. The number of anilines is 1. The highest BCUT2D eigenvalue weighted by Crippen LogP contribution is 2.22. The zero-order chi connectivity index (χ0) is 14.1. The first-order valence-electron chi connectivity index (χ1n) is 5.76. The van der Waals surface area contributed by atoms with Crippen LogP contribution in [-0.2, 0) is 0 Å². The standard InChI is InChI=1S/C13H9N5O2/c1-18(7-14)12-15-5-9(6-16-12)8-2-3-10-11(4-8)20-13(19)17-10/h2-6H,1H3,(H,17,19). The van der Waals surface area contributed by atoms with Gasteiger partial charge in [-0.3, -0.25) is 9.88 Å². The molecule has 0 unspecified atom stereocenters. The van der Waals surface area contributed by atoms with Gasteiger partial charge >= 0.3 is 5.76 Å². The minimum absolute atomic E-state index is 0.325. The summed E-state index contributed by atoms with van der Waals surface area (Å²) in [7, 11) is 1.58. The van der Waals surface area contributed by atoms with E-state index >= 15 is 0 Å². The van der Waals surface area contributed by atoms with Crippen molar-refractivity contribution in [3.8, 4) is 17.3 Å². The summed E-state index contributed by atoms with van der Waals surface area (Å²) in [5.74, 6) is -0.162. The van der Waals surface area contributed by atoms with Gasteiger partial charge in [0.15, 0.2) is 11.8 Å². The number of aromatic amines is 1. The summed E-state index contributed by atoms with van der Waals surface area (Å²) < 4.78 is 5.01. The number of fused-ring (bicyclic) bond motifs is 1. The highest BCUT2D eigenvalue weighted by Gasteiger charge is 2.07. The molecule has 0 atom stereocenters. The molecule has 1 aromatic carbocycles. The maximum atomic E-state index is 11.1. The fourth-order valence-corrected chi connectivity index (χ4v) is 1.81. The van der Waals surface area contributed by atoms with E-state index in [1.54, 1.807) is 31.6 Å². The molecule has 0 saturated heterocycles. The topological polar surface area (TPSA) is 98.8 Å². The van der Waals surface area contributed by atoms with Crippen molar-refractivity contribution in [2.45, 2.75) is 0 Å². The summed E-state index contributed by atoms with van der Waals surface area (Å²) in [6.45, 7) is 0. The molecule has 0 bridgehead atoms. The number of benzene rings is 1. The van der Waals surface area contributed by atoms with Gasteiger partial charge in [-0.15, -0.1) is 0 Å². The van der Waals surface area contributed by atoms with E-state index in [0.29, 0.717) is 17.0 Å². The van der Waals surface area contributed by atoms with Crippen LogP contribution in [0.15, 0.2) is 39.8 Å². The fraction of sp³-hybridized carbons (Fsp3) is 0.0769. The van der Waals surface area contributed by atoms with E-state index in [0.717, 1.165) is 11.1 Å². The Bertz CT molecular complexity index is 857. The first-order valence-corrected chi connectivity index (χ1v) is 5.76. The lowest BCUT2D eigenvalue weighted by atomic mass is 10.1. The first-order chi connectivity index (χ1) is 9.67. The van der Waals surface area contributed by atoms with Crippen LogP contribution in [0, 0.1) is 11.5 Å². The molecule has 3 rings (SSSR count). The lowest BCUT2D eigenvalue weighted by molar-refractivity contribution is 0.555. The quantitative estimate of drug-likeness (QED) is 0.558. The van der Waals surface area contributed by atoms with E-state index < -0.39 is 5.76 Å². The monoisotopic (exact) mass is 267 g/mol. The van der Waals surface area contributed by atoms with E-state index in [1.165, 1.54) is 4.90 Å². The summed E-state index contributed by atoms with van der Waals surface area (Å²) in [4.78, 5) is 23.1. The summed E-state index contributed by atoms with van der Waals surface area (Å²) in [5, 5.41) is 8.75. The summed E-state index contributed by atoms with van der Waals surface area (Å²) in [6, 6.07) is 5.32. The van der Waals surface area contributed by atoms with Gasteiger partial charge in [-0.25, -0.2) is 14.8 Å². The molecule has 2 heterocycles. The maximum Gasteiger partial charge on any atom is 0.417 e. The van der Waals surface area contributed by atoms with E-state index in [1.807, 2.05) is 12.3 Å². The zero-order valence-corrected chi connectivity index (χ0v) is 10.5. The van der Waals surface area contributed by atoms with Gasteiger partial charge in [0.25, 0.3) is 0 Å². The number of nitriles is 1. The molecule has 3 aromatic rings. The Morgan fingerprint density at radius 3 is 2.75 bits per heavy atom. The van der Waals surface area contributed by atoms with Crippen molar-refractivity contribution in [2.75, 3.05) is 11.9 Å². The van der Waals surface area contributed by atoms with Gasteiger partial charge in [-0.2, -0.15) is 5.26 Å². The smallest absolute Gasteiger partial charge is 0.408 e. The van der Waals surface area contributed by atoms with Gasteiger partial charge in [0.1, 0.15) is 0 Å². The zero-order valence-electron chi connectivity index (χ0n) is 10.5. The van der Waals surface area contributed by atoms with E-state index in [-0.39, 0.29) is 0 Å². The molecule has 0 fully saturated rings. The number of oxazole rings is 1. The van der Waals surface area contributed by atoms with Crippen molar-refractivity contribution in [2.24, 2.45) is 0 Å². The molecule has 98 valence electrons. The highest BCUT2D eigenvalue weighted by molar-refractivity contribution is 5.79. The minimum Gasteiger partial charge on any atom is -0.408 e. The van der Waals surface area contributed by atoms with Crippen LogP contribution in [0.25, 0.3) is 22.2 Å². The van der Waals surface area contributed by atoms with Crippen molar-refractivity contribution < 1.29 is 4.42 Å². The second-order valence-electron chi connectivity index (χ2n) is 4.16. The molecule has 0 aliphatic rings. The van der Waals surface area contributed by atoms with Crippen molar-refractivity contribution in [1.82, 2.24) is 15.0 Å². The molecule has 20 heavy (non-hydrogen) atoms. The molecular formula is C13H9N5O2. The summed E-state index contributed by atoms with van der Waals surface area (Å²) in [6.07, 6.45) is 5.15. The lowest BCUT2D eigenvalue weighted by Gasteiger charge is -2.06.